The molecule has 0 heterocycles. The first kappa shape index (κ1) is 11.7. The summed E-state index contributed by atoms with van der Waals surface area (Å²) in [5.74, 6) is 0. The fourth-order valence-corrected chi connectivity index (χ4v) is 0.109. The van der Waals surface area contributed by atoms with Crippen LogP contribution < -0.4 is 29.6 Å². The Balaban J connectivity index is -0.000000180. The zero-order valence-corrected chi connectivity index (χ0v) is 6.35. The van der Waals surface area contributed by atoms with E-state index in [1.54, 1.807) is 0 Å². The summed E-state index contributed by atoms with van der Waals surface area (Å²) >= 11 is 0. The van der Waals surface area contributed by atoms with Crippen LogP contribution in [0.5, 0.6) is 0 Å². The maximum atomic E-state index is 7.74. The third-order valence-corrected chi connectivity index (χ3v) is 0.243. The largest absolute Gasteiger partial charge is 1.00 e. The minimum absolute atomic E-state index is 0. The van der Waals surface area contributed by atoms with Gasteiger partial charge in [-0.2, -0.15) is 0 Å². The van der Waals surface area contributed by atoms with Gasteiger partial charge in [-0.25, -0.2) is 0 Å². The first-order valence-corrected chi connectivity index (χ1v) is 1.50. The molecule has 0 fully saturated rings. The van der Waals surface area contributed by atoms with Crippen molar-refractivity contribution in [2.75, 3.05) is 0 Å². The topological polar surface area (TPSA) is 90.2 Å². The monoisotopic (exact) mass is 130 g/mol. The molecule has 0 aromatic carbocycles. The van der Waals surface area contributed by atoms with Crippen molar-refractivity contribution in [2.45, 2.75) is 0 Å². The van der Waals surface area contributed by atoms with E-state index >= 15 is 0 Å². The van der Waals surface area contributed by atoms with Crippen molar-refractivity contribution in [2.24, 2.45) is 0 Å². The molecule has 0 amide bonds. The van der Waals surface area contributed by atoms with Gasteiger partial charge in [0, 0.05) is 0 Å². The molecule has 0 aromatic heterocycles. The Hall–Kier alpha value is 0.930. The van der Waals surface area contributed by atoms with E-state index in [-0.39, 0.29) is 31.0 Å². The maximum absolute atomic E-state index is 7.74. The molecular weight excluding hydrogens is 125 g/mol. The molecule has 0 unspecified atom stereocenters. The summed E-state index contributed by atoms with van der Waals surface area (Å²) < 4.78 is 3.47. The fourth-order valence-electron chi connectivity index (χ4n) is 0.109. The van der Waals surface area contributed by atoms with Crippen molar-refractivity contribution in [3.8, 4) is 0 Å². The maximum Gasteiger partial charge on any atom is 1.00 e. The Morgan fingerprint density at radius 1 is 1.00 bits per heavy atom. The van der Waals surface area contributed by atoms with Gasteiger partial charge in [0.25, 0.3) is 0 Å². The summed E-state index contributed by atoms with van der Waals surface area (Å²) in [6.45, 7) is 0. The normalized spacial score (nSPS) is 7.50. The summed E-state index contributed by atoms with van der Waals surface area (Å²) in [5.41, 5.74) is 0. The quantitative estimate of drug-likeness (QED) is 0.279. The molecule has 0 rings (SSSR count). The molecule has 8 heavy (non-hydrogen) atoms. The van der Waals surface area contributed by atoms with E-state index in [1.807, 2.05) is 0 Å². The Morgan fingerprint density at radius 3 is 1.25 bits per heavy atom. The SMILES string of the molecule is OB(O)OB(O)O.[H-].[Na+]. The van der Waals surface area contributed by atoms with Crippen molar-refractivity contribution >= 4 is 14.6 Å². The number of rotatable bonds is 2. The Labute approximate surface area is 70.4 Å². The van der Waals surface area contributed by atoms with Crippen LogP contribution in [0, 0.1) is 0 Å². The molecule has 0 radical (unpaired) electrons. The van der Waals surface area contributed by atoms with Crippen molar-refractivity contribution in [1.29, 1.82) is 0 Å². The van der Waals surface area contributed by atoms with Gasteiger partial charge in [-0.3, -0.25) is 0 Å². The van der Waals surface area contributed by atoms with Crippen molar-refractivity contribution in [3.63, 3.8) is 0 Å². The third-order valence-electron chi connectivity index (χ3n) is 0.243. The van der Waals surface area contributed by atoms with E-state index in [0.717, 1.165) is 0 Å². The predicted molar refractivity (Wildman–Crippen MR) is 22.6 cm³/mol. The van der Waals surface area contributed by atoms with Crippen molar-refractivity contribution in [3.05, 3.63) is 0 Å². The second-order valence-corrected chi connectivity index (χ2v) is 0.789. The summed E-state index contributed by atoms with van der Waals surface area (Å²) in [5, 5.41) is 30.9. The minimum Gasteiger partial charge on any atom is -1.00 e. The molecule has 0 aliphatic carbocycles. The van der Waals surface area contributed by atoms with Gasteiger partial charge in [-0.05, 0) is 0 Å². The first-order chi connectivity index (χ1) is 3.13. The molecule has 0 atom stereocenters. The first-order valence-electron chi connectivity index (χ1n) is 1.50. The zero-order valence-electron chi connectivity index (χ0n) is 5.35. The average Bonchev–Trinajstić information content (AvgIpc) is 1.27. The van der Waals surface area contributed by atoms with Crippen LogP contribution in [0.3, 0.4) is 0 Å². The van der Waals surface area contributed by atoms with E-state index < -0.39 is 14.6 Å². The minimum atomic E-state index is -2.13. The number of hydrogen-bond donors (Lipinski definition) is 4. The molecule has 42 valence electrons. The van der Waals surface area contributed by atoms with E-state index in [4.69, 9.17) is 20.1 Å². The van der Waals surface area contributed by atoms with Gasteiger partial charge in [0.2, 0.25) is 0 Å². The molecule has 0 spiro atoms. The summed E-state index contributed by atoms with van der Waals surface area (Å²) in [4.78, 5) is 0. The molecule has 0 saturated heterocycles. The predicted octanol–water partition coefficient (Wildman–Crippen LogP) is -5.94. The summed E-state index contributed by atoms with van der Waals surface area (Å²) in [6.07, 6.45) is 0. The molecule has 0 aliphatic heterocycles. The summed E-state index contributed by atoms with van der Waals surface area (Å²) in [7, 11) is -4.25. The molecule has 8 heteroatoms. The smallest absolute Gasteiger partial charge is 1.00 e. The van der Waals surface area contributed by atoms with E-state index in [0.29, 0.717) is 0 Å². The molecule has 0 bridgehead atoms. The van der Waals surface area contributed by atoms with E-state index in [9.17, 15) is 0 Å². The van der Waals surface area contributed by atoms with E-state index in [1.165, 1.54) is 0 Å². The van der Waals surface area contributed by atoms with Crippen LogP contribution in [-0.2, 0) is 4.57 Å². The second-order valence-electron chi connectivity index (χ2n) is 0.789. The standard InChI is InChI=1S/B2H4O5.Na.H/c3-1(4)7-2(5)6;;/h3-6H;;/q;+1;-1. The van der Waals surface area contributed by atoms with Crippen LogP contribution in [0.1, 0.15) is 1.43 Å². The molecule has 4 N–H and O–H groups in total. The molecule has 0 aromatic rings. The van der Waals surface area contributed by atoms with Gasteiger partial charge < -0.3 is 26.1 Å². The Kier molecular flexibility index (Phi) is 8.85. The van der Waals surface area contributed by atoms with Crippen LogP contribution >= 0.6 is 0 Å². The second kappa shape index (κ2) is 6.06. The van der Waals surface area contributed by atoms with Gasteiger partial charge in [-0.1, -0.05) is 0 Å². The van der Waals surface area contributed by atoms with Crippen molar-refractivity contribution in [1.82, 2.24) is 0 Å². The van der Waals surface area contributed by atoms with Gasteiger partial charge in [0.1, 0.15) is 0 Å². The fraction of sp³-hybridized carbons (Fsp3) is 0. The van der Waals surface area contributed by atoms with Gasteiger partial charge in [0.15, 0.2) is 0 Å². The van der Waals surface area contributed by atoms with E-state index in [2.05, 4.69) is 4.57 Å². The van der Waals surface area contributed by atoms with Crippen LogP contribution in [0.2, 0.25) is 0 Å². The molecule has 5 nitrogen and oxygen atoms in total. The average molecular weight is 130 g/mol. The van der Waals surface area contributed by atoms with Crippen molar-refractivity contribution < 1.29 is 55.7 Å². The Morgan fingerprint density at radius 2 is 1.25 bits per heavy atom. The van der Waals surface area contributed by atoms with Gasteiger partial charge >= 0.3 is 44.2 Å². The van der Waals surface area contributed by atoms with Crippen LogP contribution in [-0.4, -0.2) is 34.7 Å². The zero-order chi connectivity index (χ0) is 5.86. The van der Waals surface area contributed by atoms with Crippen LogP contribution in [0.25, 0.3) is 0 Å². The molecule has 0 saturated carbocycles. The third kappa shape index (κ3) is 10.0. The Bertz CT molecular complexity index is 44.2. The molecular formula is H5B2NaO5. The van der Waals surface area contributed by atoms with Crippen LogP contribution in [0.15, 0.2) is 0 Å². The molecule has 0 aliphatic rings. The van der Waals surface area contributed by atoms with Crippen LogP contribution in [0.4, 0.5) is 0 Å². The van der Waals surface area contributed by atoms with Gasteiger partial charge in [-0.15, -0.1) is 0 Å². The summed E-state index contributed by atoms with van der Waals surface area (Å²) in [6, 6.07) is 0. The number of hydrogen-bond acceptors (Lipinski definition) is 5. The van der Waals surface area contributed by atoms with Gasteiger partial charge in [0.05, 0.1) is 0 Å².